The van der Waals surface area contributed by atoms with Gasteiger partial charge in [-0.05, 0) is 12.8 Å². The summed E-state index contributed by atoms with van der Waals surface area (Å²) in [6, 6.07) is 0.255. The fraction of sp³-hybridized carbons (Fsp3) is 0.636. The van der Waals surface area contributed by atoms with Gasteiger partial charge in [-0.15, -0.1) is 0 Å². The second-order valence-electron chi connectivity index (χ2n) is 4.62. The van der Waals surface area contributed by atoms with E-state index in [9.17, 15) is 9.59 Å². The van der Waals surface area contributed by atoms with Crippen molar-refractivity contribution in [2.24, 2.45) is 11.8 Å². The van der Waals surface area contributed by atoms with E-state index in [1.807, 2.05) is 0 Å². The summed E-state index contributed by atoms with van der Waals surface area (Å²) in [5.41, 5.74) is 0. The molecule has 0 unspecified atom stereocenters. The monoisotopic (exact) mass is 223 g/mol. The van der Waals surface area contributed by atoms with Gasteiger partial charge in [0.25, 0.3) is 0 Å². The molecule has 2 bridgehead atoms. The van der Waals surface area contributed by atoms with Gasteiger partial charge in [0.15, 0.2) is 0 Å². The maximum Gasteiger partial charge on any atom is 0.310 e. The van der Waals surface area contributed by atoms with Gasteiger partial charge in [-0.3, -0.25) is 9.59 Å². The van der Waals surface area contributed by atoms with E-state index in [0.29, 0.717) is 0 Å². The summed E-state index contributed by atoms with van der Waals surface area (Å²) in [6.45, 7) is 0. The van der Waals surface area contributed by atoms with E-state index in [-0.39, 0.29) is 18.1 Å². The molecular formula is C11H13NO4. The summed E-state index contributed by atoms with van der Waals surface area (Å²) < 4.78 is 5.43. The van der Waals surface area contributed by atoms with Crippen LogP contribution in [0.25, 0.3) is 0 Å². The third kappa shape index (κ3) is 1.43. The van der Waals surface area contributed by atoms with E-state index in [1.165, 1.54) is 0 Å². The molecule has 2 N–H and O–H groups in total. The molecule has 1 amide bonds. The molecular weight excluding hydrogens is 210 g/mol. The van der Waals surface area contributed by atoms with Crippen LogP contribution < -0.4 is 5.32 Å². The van der Waals surface area contributed by atoms with Crippen molar-refractivity contribution in [2.75, 3.05) is 0 Å². The van der Waals surface area contributed by atoms with Crippen LogP contribution in [0.5, 0.6) is 0 Å². The molecule has 0 aromatic heterocycles. The van der Waals surface area contributed by atoms with E-state index in [1.54, 1.807) is 12.2 Å². The van der Waals surface area contributed by atoms with Crippen LogP contribution >= 0.6 is 0 Å². The average Bonchev–Trinajstić information content (AvgIpc) is 2.81. The van der Waals surface area contributed by atoms with E-state index in [2.05, 4.69) is 5.32 Å². The lowest BCUT2D eigenvalue weighted by Crippen LogP contribution is -2.43. The highest BCUT2D eigenvalue weighted by Gasteiger charge is 2.53. The van der Waals surface area contributed by atoms with Gasteiger partial charge < -0.3 is 15.2 Å². The molecule has 16 heavy (non-hydrogen) atoms. The molecule has 0 aromatic carbocycles. The number of hydrogen-bond donors (Lipinski definition) is 2. The van der Waals surface area contributed by atoms with E-state index < -0.39 is 23.9 Å². The molecule has 1 aliphatic carbocycles. The van der Waals surface area contributed by atoms with Crippen molar-refractivity contribution in [3.05, 3.63) is 12.2 Å². The second-order valence-corrected chi connectivity index (χ2v) is 4.62. The minimum absolute atomic E-state index is 0.174. The molecule has 1 saturated carbocycles. The molecule has 3 aliphatic rings. The van der Waals surface area contributed by atoms with Crippen LogP contribution in [-0.4, -0.2) is 35.2 Å². The molecule has 2 heterocycles. The molecule has 5 nitrogen and oxygen atoms in total. The number of carboxylic acid groups (broad SMARTS) is 1. The summed E-state index contributed by atoms with van der Waals surface area (Å²) in [5, 5.41) is 12.0. The second kappa shape index (κ2) is 3.31. The Morgan fingerprint density at radius 2 is 1.81 bits per heavy atom. The van der Waals surface area contributed by atoms with Crippen LogP contribution in [0.2, 0.25) is 0 Å². The van der Waals surface area contributed by atoms with Gasteiger partial charge >= 0.3 is 5.97 Å². The number of carbonyl (C=O) groups is 2. The first-order chi connectivity index (χ1) is 7.66. The van der Waals surface area contributed by atoms with Crippen molar-refractivity contribution in [1.29, 1.82) is 0 Å². The van der Waals surface area contributed by atoms with Crippen molar-refractivity contribution >= 4 is 11.9 Å². The third-order valence-electron chi connectivity index (χ3n) is 3.41. The fourth-order valence-corrected chi connectivity index (χ4v) is 2.44. The van der Waals surface area contributed by atoms with Crippen LogP contribution in [0.4, 0.5) is 0 Å². The molecule has 86 valence electrons. The highest BCUT2D eigenvalue weighted by atomic mass is 16.5. The van der Waals surface area contributed by atoms with Crippen LogP contribution in [0.3, 0.4) is 0 Å². The van der Waals surface area contributed by atoms with Gasteiger partial charge in [0.05, 0.1) is 18.1 Å². The Balaban J connectivity index is 1.78. The molecule has 5 heteroatoms. The van der Waals surface area contributed by atoms with Crippen molar-refractivity contribution in [3.8, 4) is 0 Å². The number of hydrogen-bond acceptors (Lipinski definition) is 3. The van der Waals surface area contributed by atoms with E-state index in [4.69, 9.17) is 9.84 Å². The number of aliphatic carboxylic acids is 1. The van der Waals surface area contributed by atoms with Crippen LogP contribution in [-0.2, 0) is 14.3 Å². The van der Waals surface area contributed by atoms with Crippen molar-refractivity contribution in [2.45, 2.75) is 31.1 Å². The quantitative estimate of drug-likeness (QED) is 0.656. The molecule has 4 atom stereocenters. The van der Waals surface area contributed by atoms with Gasteiger partial charge in [-0.25, -0.2) is 0 Å². The Morgan fingerprint density at radius 3 is 2.38 bits per heavy atom. The standard InChI is InChI=1S/C11H13NO4/c13-10(12-5-1-2-5)8-6-3-4-7(16-6)9(8)11(14)15/h3-9H,1-2H2,(H,12,13)(H,14,15)/t6-,7+,8+,9-/m1/s1. The van der Waals surface area contributed by atoms with Gasteiger partial charge in [0.1, 0.15) is 5.92 Å². The Kier molecular flexibility index (Phi) is 2.04. The first kappa shape index (κ1) is 9.84. The predicted molar refractivity (Wildman–Crippen MR) is 53.6 cm³/mol. The zero-order valence-corrected chi connectivity index (χ0v) is 8.63. The van der Waals surface area contributed by atoms with Crippen molar-refractivity contribution < 1.29 is 19.4 Å². The molecule has 2 fully saturated rings. The third-order valence-corrected chi connectivity index (χ3v) is 3.41. The largest absolute Gasteiger partial charge is 0.481 e. The lowest BCUT2D eigenvalue weighted by atomic mass is 9.82. The summed E-state index contributed by atoms with van der Waals surface area (Å²) in [5.74, 6) is -2.42. The summed E-state index contributed by atoms with van der Waals surface area (Å²) >= 11 is 0. The SMILES string of the molecule is O=C(NC1CC1)[C@@H]1[C@H](C(=O)O)[C@@H]2C=C[C@H]1O2. The molecule has 0 aromatic rings. The normalized spacial score (nSPS) is 40.0. The zero-order chi connectivity index (χ0) is 11.3. The Hall–Kier alpha value is -1.36. The van der Waals surface area contributed by atoms with Gasteiger partial charge in [-0.2, -0.15) is 0 Å². The first-order valence-electron chi connectivity index (χ1n) is 5.54. The summed E-state index contributed by atoms with van der Waals surface area (Å²) in [6.07, 6.45) is 4.75. The topological polar surface area (TPSA) is 75.6 Å². The molecule has 0 spiro atoms. The van der Waals surface area contributed by atoms with E-state index >= 15 is 0 Å². The number of carbonyl (C=O) groups excluding carboxylic acids is 1. The smallest absolute Gasteiger partial charge is 0.310 e. The van der Waals surface area contributed by atoms with Crippen molar-refractivity contribution in [3.63, 3.8) is 0 Å². The fourth-order valence-electron chi connectivity index (χ4n) is 2.44. The van der Waals surface area contributed by atoms with Crippen LogP contribution in [0, 0.1) is 11.8 Å². The number of rotatable bonds is 3. The Morgan fingerprint density at radius 1 is 1.19 bits per heavy atom. The summed E-state index contributed by atoms with van der Waals surface area (Å²) in [7, 11) is 0. The lowest BCUT2D eigenvalue weighted by Gasteiger charge is -2.20. The van der Waals surface area contributed by atoms with Gasteiger partial charge in [0.2, 0.25) is 5.91 Å². The lowest BCUT2D eigenvalue weighted by molar-refractivity contribution is -0.146. The summed E-state index contributed by atoms with van der Waals surface area (Å²) in [4.78, 5) is 23.0. The van der Waals surface area contributed by atoms with Gasteiger partial charge in [-0.1, -0.05) is 12.2 Å². The Bertz CT molecular complexity index is 374. The first-order valence-corrected chi connectivity index (χ1v) is 5.54. The maximum atomic E-state index is 11.9. The zero-order valence-electron chi connectivity index (χ0n) is 8.63. The number of nitrogens with one attached hydrogen (secondary N) is 1. The number of ether oxygens (including phenoxy) is 1. The Labute approximate surface area is 92.5 Å². The molecule has 3 rings (SSSR count). The highest BCUT2D eigenvalue weighted by molar-refractivity contribution is 5.87. The van der Waals surface area contributed by atoms with E-state index in [0.717, 1.165) is 12.8 Å². The maximum absolute atomic E-state index is 11.9. The molecule has 1 saturated heterocycles. The van der Waals surface area contributed by atoms with Crippen molar-refractivity contribution in [1.82, 2.24) is 5.32 Å². The number of fused-ring (bicyclic) bond motifs is 2. The minimum atomic E-state index is -0.951. The van der Waals surface area contributed by atoms with Crippen LogP contribution in [0.1, 0.15) is 12.8 Å². The molecule has 0 radical (unpaired) electrons. The highest BCUT2D eigenvalue weighted by Crippen LogP contribution is 2.39. The van der Waals surface area contributed by atoms with Gasteiger partial charge in [0, 0.05) is 6.04 Å². The minimum Gasteiger partial charge on any atom is -0.481 e. The average molecular weight is 223 g/mol. The number of amides is 1. The molecule has 2 aliphatic heterocycles. The number of carboxylic acids is 1. The predicted octanol–water partition coefficient (Wildman–Crippen LogP) is -0.0808. The van der Waals surface area contributed by atoms with Crippen LogP contribution in [0.15, 0.2) is 12.2 Å².